The Hall–Kier alpha value is -1.34. The van der Waals surface area contributed by atoms with Crippen LogP contribution in [0.15, 0.2) is 10.4 Å². The molecule has 0 saturated carbocycles. The van der Waals surface area contributed by atoms with Crippen LogP contribution in [0.3, 0.4) is 0 Å². The van der Waals surface area contributed by atoms with Crippen LogP contribution in [0.4, 0.5) is 0 Å². The predicted molar refractivity (Wildman–Crippen MR) is 66.6 cm³/mol. The number of hydrogen-bond donors (Lipinski definition) is 1. The summed E-state index contributed by atoms with van der Waals surface area (Å²) in [5.41, 5.74) is 0.304. The number of aromatic nitrogens is 1. The summed E-state index contributed by atoms with van der Waals surface area (Å²) >= 11 is 2.76. The summed E-state index contributed by atoms with van der Waals surface area (Å²) in [4.78, 5) is 26.5. The Bertz CT molecular complexity index is 482. The van der Waals surface area contributed by atoms with Gasteiger partial charge in [-0.15, -0.1) is 11.3 Å². The average Bonchev–Trinajstić information content (AvgIpc) is 2.89. The van der Waals surface area contributed by atoms with Gasteiger partial charge in [-0.05, 0) is 6.92 Å². The van der Waals surface area contributed by atoms with Crippen LogP contribution < -0.4 is 5.32 Å². The molecule has 1 aromatic heterocycles. The van der Waals surface area contributed by atoms with E-state index in [1.54, 1.807) is 18.4 Å². The molecule has 1 aliphatic heterocycles. The maximum absolute atomic E-state index is 11.4. The van der Waals surface area contributed by atoms with Gasteiger partial charge in [-0.25, -0.2) is 9.78 Å². The van der Waals surface area contributed by atoms with Crippen LogP contribution in [-0.4, -0.2) is 29.2 Å². The zero-order valence-electron chi connectivity index (χ0n) is 9.06. The van der Waals surface area contributed by atoms with E-state index >= 15 is 0 Å². The first kappa shape index (κ1) is 12.1. The van der Waals surface area contributed by atoms with Crippen LogP contribution in [0, 0.1) is 0 Å². The minimum Gasteiger partial charge on any atom is -0.461 e. The molecule has 0 radical (unpaired) electrons. The number of nitrogens with zero attached hydrogens (tertiary/aromatic N) is 1. The molecule has 2 rings (SSSR count). The molecule has 90 valence electrons. The summed E-state index contributed by atoms with van der Waals surface area (Å²) in [6.07, 6.45) is 1.75. The molecular formula is C10H10N2O3S2. The maximum atomic E-state index is 11.4. The highest BCUT2D eigenvalue weighted by atomic mass is 32.2. The number of thiazole rings is 1. The Labute approximate surface area is 106 Å². The molecule has 0 unspecified atom stereocenters. The molecule has 1 aromatic rings. The van der Waals surface area contributed by atoms with Gasteiger partial charge in [0, 0.05) is 11.5 Å². The summed E-state index contributed by atoms with van der Waals surface area (Å²) in [5.74, 6) is 0.00186. The third-order valence-electron chi connectivity index (χ3n) is 1.88. The molecule has 5 nitrogen and oxygen atoms in total. The van der Waals surface area contributed by atoms with Crippen LogP contribution in [0.1, 0.15) is 22.4 Å². The van der Waals surface area contributed by atoms with Crippen molar-refractivity contribution in [2.24, 2.45) is 0 Å². The number of amides is 1. The van der Waals surface area contributed by atoms with Gasteiger partial charge in [-0.3, -0.25) is 4.79 Å². The van der Waals surface area contributed by atoms with E-state index in [4.69, 9.17) is 4.74 Å². The predicted octanol–water partition coefficient (Wildman–Crippen LogP) is 1.48. The second-order valence-corrected chi connectivity index (χ2v) is 5.04. The zero-order valence-corrected chi connectivity index (χ0v) is 10.7. The second-order valence-electron chi connectivity index (χ2n) is 3.14. The number of ether oxygens (including phenoxy) is 1. The van der Waals surface area contributed by atoms with Crippen molar-refractivity contribution in [2.75, 3.05) is 12.4 Å². The highest BCUT2D eigenvalue weighted by molar-refractivity contribution is 8.04. The Balaban J connectivity index is 2.08. The van der Waals surface area contributed by atoms with Crippen molar-refractivity contribution in [2.45, 2.75) is 6.92 Å². The molecule has 0 aliphatic carbocycles. The number of nitrogens with one attached hydrogen (secondary N) is 1. The summed E-state index contributed by atoms with van der Waals surface area (Å²) < 4.78 is 4.84. The largest absolute Gasteiger partial charge is 0.461 e. The Morgan fingerprint density at radius 2 is 2.53 bits per heavy atom. The van der Waals surface area contributed by atoms with Gasteiger partial charge < -0.3 is 10.1 Å². The lowest BCUT2D eigenvalue weighted by Gasteiger charge is -1.96. The average molecular weight is 270 g/mol. The molecular weight excluding hydrogens is 260 g/mol. The van der Waals surface area contributed by atoms with E-state index in [9.17, 15) is 9.59 Å². The third kappa shape index (κ3) is 3.07. The molecule has 0 aromatic carbocycles. The smallest absolute Gasteiger partial charge is 0.357 e. The molecule has 1 aliphatic rings. The van der Waals surface area contributed by atoms with Crippen molar-refractivity contribution in [3.8, 4) is 0 Å². The van der Waals surface area contributed by atoms with Gasteiger partial charge in [0.2, 0.25) is 5.91 Å². The van der Waals surface area contributed by atoms with Crippen LogP contribution in [0.2, 0.25) is 0 Å². The van der Waals surface area contributed by atoms with Crippen molar-refractivity contribution in [1.82, 2.24) is 10.3 Å². The van der Waals surface area contributed by atoms with Crippen molar-refractivity contribution < 1.29 is 14.3 Å². The minimum atomic E-state index is -0.420. The quantitative estimate of drug-likeness (QED) is 0.843. The molecule has 1 fully saturated rings. The summed E-state index contributed by atoms with van der Waals surface area (Å²) in [7, 11) is 0. The fraction of sp³-hybridized carbons (Fsp3) is 0.300. The van der Waals surface area contributed by atoms with E-state index in [1.807, 2.05) is 0 Å². The van der Waals surface area contributed by atoms with Crippen molar-refractivity contribution >= 4 is 41.1 Å². The summed E-state index contributed by atoms with van der Waals surface area (Å²) in [5, 5.41) is 5.79. The normalized spacial score (nSPS) is 17.2. The number of hydrogen-bond acceptors (Lipinski definition) is 6. The first-order valence-corrected chi connectivity index (χ1v) is 6.82. The van der Waals surface area contributed by atoms with E-state index < -0.39 is 5.97 Å². The lowest BCUT2D eigenvalue weighted by molar-refractivity contribution is -0.117. The van der Waals surface area contributed by atoms with Crippen LogP contribution in [0.5, 0.6) is 0 Å². The monoisotopic (exact) mass is 270 g/mol. The summed E-state index contributed by atoms with van der Waals surface area (Å²) in [6, 6.07) is 0. The molecule has 17 heavy (non-hydrogen) atoms. The second kappa shape index (κ2) is 5.33. The van der Waals surface area contributed by atoms with Gasteiger partial charge in [0.1, 0.15) is 5.01 Å². The van der Waals surface area contributed by atoms with E-state index in [0.29, 0.717) is 23.1 Å². The van der Waals surface area contributed by atoms with Crippen LogP contribution in [-0.2, 0) is 9.53 Å². The zero-order chi connectivity index (χ0) is 12.3. The number of carbonyl (C=O) groups is 2. The number of thioether (sulfide) groups is 1. The highest BCUT2D eigenvalue weighted by Crippen LogP contribution is 2.23. The Morgan fingerprint density at radius 3 is 3.18 bits per heavy atom. The van der Waals surface area contributed by atoms with E-state index in [0.717, 1.165) is 5.03 Å². The molecule has 1 amide bonds. The molecule has 0 bridgehead atoms. The third-order valence-corrected chi connectivity index (χ3v) is 3.61. The van der Waals surface area contributed by atoms with Crippen molar-refractivity contribution in [1.29, 1.82) is 0 Å². The Kier molecular flexibility index (Phi) is 3.80. The Morgan fingerprint density at radius 1 is 1.71 bits per heavy atom. The fourth-order valence-corrected chi connectivity index (χ4v) is 2.73. The van der Waals surface area contributed by atoms with Gasteiger partial charge in [-0.1, -0.05) is 11.8 Å². The van der Waals surface area contributed by atoms with Gasteiger partial charge in [0.25, 0.3) is 0 Å². The van der Waals surface area contributed by atoms with Gasteiger partial charge in [-0.2, -0.15) is 0 Å². The molecule has 1 saturated heterocycles. The number of rotatable bonds is 3. The maximum Gasteiger partial charge on any atom is 0.357 e. The van der Waals surface area contributed by atoms with Crippen LogP contribution in [0.25, 0.3) is 6.08 Å². The fourth-order valence-electron chi connectivity index (χ4n) is 1.20. The topological polar surface area (TPSA) is 68.3 Å². The van der Waals surface area contributed by atoms with Gasteiger partial charge in [0.15, 0.2) is 5.69 Å². The van der Waals surface area contributed by atoms with Gasteiger partial charge >= 0.3 is 5.97 Å². The molecule has 0 spiro atoms. The van der Waals surface area contributed by atoms with Crippen molar-refractivity contribution in [3.63, 3.8) is 0 Å². The molecule has 2 heterocycles. The lowest BCUT2D eigenvalue weighted by Crippen LogP contribution is -2.13. The number of carbonyl (C=O) groups excluding carboxylic acids is 2. The molecule has 0 atom stereocenters. The highest BCUT2D eigenvalue weighted by Gasteiger charge is 2.16. The van der Waals surface area contributed by atoms with E-state index in [1.165, 1.54) is 23.1 Å². The van der Waals surface area contributed by atoms with Gasteiger partial charge in [0.05, 0.1) is 17.4 Å². The summed E-state index contributed by atoms with van der Waals surface area (Å²) in [6.45, 7) is 2.08. The first-order chi connectivity index (χ1) is 8.19. The number of esters is 1. The van der Waals surface area contributed by atoms with E-state index in [-0.39, 0.29) is 5.91 Å². The van der Waals surface area contributed by atoms with Crippen molar-refractivity contribution in [3.05, 3.63) is 21.1 Å². The van der Waals surface area contributed by atoms with E-state index in [2.05, 4.69) is 10.3 Å². The molecule has 1 N–H and O–H groups in total. The lowest BCUT2D eigenvalue weighted by atomic mass is 10.5. The standard InChI is InChI=1S/C10H10N2O3S2/c1-2-15-10(14)6-4-16-8(11-6)3-9-12-7(13)5-17-9/h3-4H,2,5H2,1H3,(H,12,13). The van der Waals surface area contributed by atoms with Crippen LogP contribution >= 0.6 is 23.1 Å². The first-order valence-electron chi connectivity index (χ1n) is 4.96. The minimum absolute atomic E-state index is 0.0107. The molecule has 7 heteroatoms. The SMILES string of the molecule is CCOC(=O)c1csc(C=C2NC(=O)CS2)n1.